The van der Waals surface area contributed by atoms with Crippen LogP contribution in [0.15, 0.2) is 30.3 Å². The molecular weight excluding hydrogens is 283 g/mol. The van der Waals surface area contributed by atoms with Gasteiger partial charge in [0.25, 0.3) is 0 Å². The van der Waals surface area contributed by atoms with E-state index in [1.54, 1.807) is 13.8 Å². The lowest BCUT2D eigenvalue weighted by Gasteiger charge is -2.09. The largest absolute Gasteiger partial charge is 0.331 e. The maximum absolute atomic E-state index is 13.7. The smallest absolute Gasteiger partial charge is 0.178 e. The van der Waals surface area contributed by atoms with E-state index in [4.69, 9.17) is 12.2 Å². The van der Waals surface area contributed by atoms with Crippen molar-refractivity contribution in [3.05, 3.63) is 63.2 Å². The molecule has 2 nitrogen and oxygen atoms in total. The van der Waals surface area contributed by atoms with Crippen LogP contribution in [0.1, 0.15) is 22.3 Å². The van der Waals surface area contributed by atoms with Crippen molar-refractivity contribution < 1.29 is 4.39 Å². The summed E-state index contributed by atoms with van der Waals surface area (Å²) >= 11 is 5.42. The fraction of sp³-hybridized carbons (Fsp3) is 0.235. The molecule has 0 saturated carbocycles. The first kappa shape index (κ1) is 14.0. The van der Waals surface area contributed by atoms with Crippen LogP contribution in [0.3, 0.4) is 0 Å². The summed E-state index contributed by atoms with van der Waals surface area (Å²) < 4.78 is 16.5. The molecule has 4 heteroatoms. The molecule has 108 valence electrons. The van der Waals surface area contributed by atoms with Crippen molar-refractivity contribution in [1.29, 1.82) is 0 Å². The standard InChI is InChI=1S/C17H17FN2S/c1-10-4-5-14-15(6-10)20(17(21)19-14)9-13-7-11(2)16(18)12(3)8-13/h4-8H,9H2,1-3H3,(H,19,21). The number of nitrogens with one attached hydrogen (secondary N) is 1. The Bertz CT molecular complexity index is 866. The Hall–Kier alpha value is -1.94. The van der Waals surface area contributed by atoms with E-state index < -0.39 is 0 Å². The minimum Gasteiger partial charge on any atom is -0.331 e. The van der Waals surface area contributed by atoms with Crippen LogP contribution < -0.4 is 0 Å². The third-order valence-electron chi connectivity index (χ3n) is 3.77. The van der Waals surface area contributed by atoms with Gasteiger partial charge in [0.1, 0.15) is 5.82 Å². The summed E-state index contributed by atoms with van der Waals surface area (Å²) in [6.45, 7) is 6.30. The van der Waals surface area contributed by atoms with E-state index in [0.29, 0.717) is 22.4 Å². The van der Waals surface area contributed by atoms with Crippen LogP contribution in [0.5, 0.6) is 0 Å². The minimum atomic E-state index is -0.128. The van der Waals surface area contributed by atoms with Gasteiger partial charge in [0.15, 0.2) is 4.77 Å². The van der Waals surface area contributed by atoms with Crippen molar-refractivity contribution in [3.63, 3.8) is 0 Å². The summed E-state index contributed by atoms with van der Waals surface area (Å²) in [5.74, 6) is -0.128. The van der Waals surface area contributed by atoms with Gasteiger partial charge in [-0.2, -0.15) is 0 Å². The first-order valence-corrected chi connectivity index (χ1v) is 7.31. The molecule has 2 aromatic carbocycles. The molecule has 0 atom stereocenters. The third kappa shape index (κ3) is 2.51. The highest BCUT2D eigenvalue weighted by Crippen LogP contribution is 2.20. The fourth-order valence-electron chi connectivity index (χ4n) is 2.73. The summed E-state index contributed by atoms with van der Waals surface area (Å²) in [6.07, 6.45) is 0. The number of halogens is 1. The highest BCUT2D eigenvalue weighted by molar-refractivity contribution is 7.71. The van der Waals surface area contributed by atoms with Crippen LogP contribution in [-0.4, -0.2) is 9.55 Å². The fourth-order valence-corrected chi connectivity index (χ4v) is 3.00. The number of benzene rings is 2. The number of aromatic amines is 1. The van der Waals surface area contributed by atoms with E-state index in [-0.39, 0.29) is 5.82 Å². The number of aryl methyl sites for hydroxylation is 3. The maximum atomic E-state index is 13.7. The van der Waals surface area contributed by atoms with E-state index in [1.165, 1.54) is 5.56 Å². The van der Waals surface area contributed by atoms with E-state index in [1.807, 2.05) is 18.2 Å². The van der Waals surface area contributed by atoms with Gasteiger partial charge in [-0.25, -0.2) is 4.39 Å². The first-order valence-electron chi connectivity index (χ1n) is 6.90. The van der Waals surface area contributed by atoms with Crippen molar-refractivity contribution in [3.8, 4) is 0 Å². The lowest BCUT2D eigenvalue weighted by atomic mass is 10.1. The predicted octanol–water partition coefficient (Wildman–Crippen LogP) is 4.81. The van der Waals surface area contributed by atoms with Gasteiger partial charge in [-0.3, -0.25) is 0 Å². The molecule has 1 N–H and O–H groups in total. The molecule has 1 heterocycles. The van der Waals surface area contributed by atoms with E-state index in [0.717, 1.165) is 16.6 Å². The van der Waals surface area contributed by atoms with E-state index in [9.17, 15) is 4.39 Å². The van der Waals surface area contributed by atoms with Crippen LogP contribution in [0.4, 0.5) is 4.39 Å². The van der Waals surface area contributed by atoms with Crippen LogP contribution in [0.2, 0.25) is 0 Å². The second-order valence-electron chi connectivity index (χ2n) is 5.58. The highest BCUT2D eigenvalue weighted by atomic mass is 32.1. The summed E-state index contributed by atoms with van der Waals surface area (Å²) in [6, 6.07) is 9.99. The molecule has 0 spiro atoms. The predicted molar refractivity (Wildman–Crippen MR) is 86.8 cm³/mol. The second-order valence-corrected chi connectivity index (χ2v) is 5.97. The lowest BCUT2D eigenvalue weighted by molar-refractivity contribution is 0.607. The second kappa shape index (κ2) is 5.11. The van der Waals surface area contributed by atoms with Gasteiger partial charge < -0.3 is 9.55 Å². The normalized spacial score (nSPS) is 11.2. The molecule has 0 bridgehead atoms. The number of nitrogens with zero attached hydrogens (tertiary/aromatic N) is 1. The molecule has 0 fully saturated rings. The van der Waals surface area contributed by atoms with Gasteiger partial charge in [0.2, 0.25) is 0 Å². The number of hydrogen-bond acceptors (Lipinski definition) is 1. The van der Waals surface area contributed by atoms with Crippen molar-refractivity contribution in [2.45, 2.75) is 27.3 Å². The molecule has 0 saturated heterocycles. The molecule has 1 aromatic heterocycles. The van der Waals surface area contributed by atoms with Crippen LogP contribution in [0.25, 0.3) is 11.0 Å². The highest BCUT2D eigenvalue weighted by Gasteiger charge is 2.08. The Kier molecular flexibility index (Phi) is 3.41. The average Bonchev–Trinajstić information content (AvgIpc) is 2.72. The zero-order valence-corrected chi connectivity index (χ0v) is 13.1. The molecule has 0 unspecified atom stereocenters. The molecule has 0 aliphatic rings. The maximum Gasteiger partial charge on any atom is 0.178 e. The van der Waals surface area contributed by atoms with Crippen molar-refractivity contribution >= 4 is 23.3 Å². The molecule has 0 radical (unpaired) electrons. The first-order chi connectivity index (χ1) is 9.95. The summed E-state index contributed by atoms with van der Waals surface area (Å²) in [5.41, 5.74) is 5.71. The number of fused-ring (bicyclic) bond motifs is 1. The van der Waals surface area contributed by atoms with Gasteiger partial charge in [0, 0.05) is 0 Å². The number of rotatable bonds is 2. The van der Waals surface area contributed by atoms with Gasteiger partial charge in [0.05, 0.1) is 17.6 Å². The Morgan fingerprint density at radius 1 is 1.10 bits per heavy atom. The van der Waals surface area contributed by atoms with Crippen LogP contribution in [0, 0.1) is 31.4 Å². The number of hydrogen-bond donors (Lipinski definition) is 1. The zero-order chi connectivity index (χ0) is 15.1. The Morgan fingerprint density at radius 2 is 1.76 bits per heavy atom. The lowest BCUT2D eigenvalue weighted by Crippen LogP contribution is -2.02. The van der Waals surface area contributed by atoms with Crippen molar-refractivity contribution in [2.24, 2.45) is 0 Å². The molecule has 3 aromatic rings. The van der Waals surface area contributed by atoms with Gasteiger partial charge in [-0.05, 0) is 67.4 Å². The zero-order valence-electron chi connectivity index (χ0n) is 12.3. The topological polar surface area (TPSA) is 20.7 Å². The van der Waals surface area contributed by atoms with Crippen molar-refractivity contribution in [2.75, 3.05) is 0 Å². The Balaban J connectivity index is 2.12. The van der Waals surface area contributed by atoms with Gasteiger partial charge >= 0.3 is 0 Å². The van der Waals surface area contributed by atoms with Crippen LogP contribution >= 0.6 is 12.2 Å². The molecule has 0 aliphatic carbocycles. The number of H-pyrrole nitrogens is 1. The summed E-state index contributed by atoms with van der Waals surface area (Å²) in [4.78, 5) is 3.22. The molecule has 0 aliphatic heterocycles. The van der Waals surface area contributed by atoms with Gasteiger partial charge in [-0.15, -0.1) is 0 Å². The molecule has 3 rings (SSSR count). The van der Waals surface area contributed by atoms with E-state index in [2.05, 4.69) is 28.6 Å². The van der Waals surface area contributed by atoms with Gasteiger partial charge in [-0.1, -0.05) is 18.2 Å². The summed E-state index contributed by atoms with van der Waals surface area (Å²) in [7, 11) is 0. The summed E-state index contributed by atoms with van der Waals surface area (Å²) in [5, 5.41) is 0. The number of aromatic nitrogens is 2. The van der Waals surface area contributed by atoms with Crippen LogP contribution in [-0.2, 0) is 6.54 Å². The third-order valence-corrected chi connectivity index (χ3v) is 4.09. The SMILES string of the molecule is Cc1ccc2[nH]c(=S)n(Cc3cc(C)c(F)c(C)c3)c2c1. The Labute approximate surface area is 128 Å². The number of imidazole rings is 1. The molecule has 21 heavy (non-hydrogen) atoms. The molecule has 0 amide bonds. The minimum absolute atomic E-state index is 0.128. The quantitative estimate of drug-likeness (QED) is 0.673. The Morgan fingerprint density at radius 3 is 2.43 bits per heavy atom. The monoisotopic (exact) mass is 300 g/mol. The average molecular weight is 300 g/mol. The van der Waals surface area contributed by atoms with E-state index >= 15 is 0 Å². The van der Waals surface area contributed by atoms with Crippen molar-refractivity contribution in [1.82, 2.24) is 9.55 Å². The molecular formula is C17H17FN2S.